The van der Waals surface area contributed by atoms with Crippen LogP contribution in [0.5, 0.6) is 5.75 Å². The number of phenolic OH excluding ortho intramolecular Hbond substituents is 1. The van der Waals surface area contributed by atoms with E-state index >= 15 is 0 Å². The fraction of sp³-hybridized carbons (Fsp3) is 0.143. The first-order valence-electron chi connectivity index (χ1n) is 2.85. The molecule has 1 N–H and O–H groups in total. The quantitative estimate of drug-likeness (QED) is 0.406. The van der Waals surface area contributed by atoms with Crippen molar-refractivity contribution < 1.29 is 5.11 Å². The summed E-state index contributed by atoms with van der Waals surface area (Å²) in [7, 11) is 0. The van der Waals surface area contributed by atoms with Gasteiger partial charge < -0.3 is 5.11 Å². The van der Waals surface area contributed by atoms with Crippen molar-refractivity contribution in [3.8, 4) is 5.75 Å². The maximum absolute atomic E-state index is 8.90. The first-order valence-corrected chi connectivity index (χ1v) is 4.47. The predicted molar refractivity (Wildman–Crippen MR) is 47.8 cm³/mol. The summed E-state index contributed by atoms with van der Waals surface area (Å²) in [5.41, 5.74) is 0. The van der Waals surface area contributed by atoms with Gasteiger partial charge in [-0.05, 0) is 24.3 Å². The second kappa shape index (κ2) is 3.78. The van der Waals surface area contributed by atoms with Crippen LogP contribution in [0, 0.1) is 0 Å². The van der Waals surface area contributed by atoms with Gasteiger partial charge in [-0.25, -0.2) is 0 Å². The second-order valence-corrected chi connectivity index (χ2v) is 3.56. The Morgan fingerprint density at radius 1 is 1.30 bits per heavy atom. The minimum absolute atomic E-state index is 0.309. The summed E-state index contributed by atoms with van der Waals surface area (Å²) in [6, 6.07) is 7.09. The third-order valence-electron chi connectivity index (χ3n) is 1.07. The molecule has 0 heterocycles. The Morgan fingerprint density at radius 2 is 1.90 bits per heavy atom. The maximum Gasteiger partial charge on any atom is 0.115 e. The number of hydrogen-bond donors (Lipinski definition) is 2. The topological polar surface area (TPSA) is 20.2 Å². The second-order valence-electron chi connectivity index (χ2n) is 1.77. The zero-order valence-electron chi connectivity index (χ0n) is 5.32. The van der Waals surface area contributed by atoms with Crippen LogP contribution in [0.15, 0.2) is 29.2 Å². The van der Waals surface area contributed by atoms with Gasteiger partial charge in [-0.1, -0.05) is 0 Å². The zero-order valence-corrected chi connectivity index (χ0v) is 7.03. The molecule has 0 amide bonds. The highest BCUT2D eigenvalue weighted by Gasteiger charge is 1.90. The van der Waals surface area contributed by atoms with Crippen molar-refractivity contribution in [3.05, 3.63) is 24.3 Å². The molecule has 1 rings (SSSR count). The van der Waals surface area contributed by atoms with Crippen molar-refractivity contribution in [2.45, 2.75) is 4.90 Å². The molecular weight excluding hydrogens is 164 g/mol. The van der Waals surface area contributed by atoms with Crippen molar-refractivity contribution in [2.24, 2.45) is 0 Å². The molecule has 0 aliphatic rings. The van der Waals surface area contributed by atoms with E-state index in [4.69, 9.17) is 5.11 Å². The monoisotopic (exact) mass is 172 g/mol. The Labute approximate surface area is 69.9 Å². The van der Waals surface area contributed by atoms with E-state index in [1.54, 1.807) is 23.9 Å². The third kappa shape index (κ3) is 2.15. The summed E-state index contributed by atoms with van der Waals surface area (Å²) in [6.45, 7) is 0. The number of aromatic hydroxyl groups is 1. The van der Waals surface area contributed by atoms with Gasteiger partial charge >= 0.3 is 0 Å². The summed E-state index contributed by atoms with van der Waals surface area (Å²) in [5.74, 6) is 0.309. The number of thiol groups is 1. The van der Waals surface area contributed by atoms with Crippen LogP contribution in [0.3, 0.4) is 0 Å². The van der Waals surface area contributed by atoms with Gasteiger partial charge in [0.25, 0.3) is 0 Å². The summed E-state index contributed by atoms with van der Waals surface area (Å²) in [5, 5.41) is 9.67. The van der Waals surface area contributed by atoms with E-state index in [1.807, 2.05) is 12.1 Å². The molecule has 1 aromatic carbocycles. The number of phenols is 1. The van der Waals surface area contributed by atoms with Crippen LogP contribution in [-0.2, 0) is 0 Å². The van der Waals surface area contributed by atoms with E-state index in [1.165, 1.54) is 0 Å². The Hall–Kier alpha value is -0.280. The molecule has 0 aliphatic carbocycles. The highest BCUT2D eigenvalue weighted by atomic mass is 32.2. The van der Waals surface area contributed by atoms with Crippen LogP contribution in [0.1, 0.15) is 0 Å². The molecule has 0 unspecified atom stereocenters. The van der Waals surface area contributed by atoms with Gasteiger partial charge in [0, 0.05) is 9.98 Å². The van der Waals surface area contributed by atoms with E-state index in [2.05, 4.69) is 12.6 Å². The maximum atomic E-state index is 8.90. The van der Waals surface area contributed by atoms with Crippen LogP contribution in [0.2, 0.25) is 0 Å². The van der Waals surface area contributed by atoms with Crippen molar-refractivity contribution in [1.29, 1.82) is 0 Å². The Kier molecular flexibility index (Phi) is 2.96. The molecular formula is C7H8OS2. The van der Waals surface area contributed by atoms with Gasteiger partial charge in [-0.2, -0.15) is 12.6 Å². The molecule has 0 saturated carbocycles. The van der Waals surface area contributed by atoms with E-state index in [0.717, 1.165) is 9.98 Å². The summed E-state index contributed by atoms with van der Waals surface area (Å²) in [6.07, 6.45) is 0. The summed E-state index contributed by atoms with van der Waals surface area (Å²) >= 11 is 5.70. The zero-order chi connectivity index (χ0) is 7.40. The van der Waals surface area contributed by atoms with Gasteiger partial charge in [-0.3, -0.25) is 0 Å². The van der Waals surface area contributed by atoms with E-state index in [-0.39, 0.29) is 0 Å². The molecule has 1 aromatic rings. The molecule has 0 atom stereocenters. The van der Waals surface area contributed by atoms with Gasteiger partial charge in [0.05, 0.1) is 0 Å². The SMILES string of the molecule is Oc1ccc(SCS)cc1. The highest BCUT2D eigenvalue weighted by Crippen LogP contribution is 2.20. The van der Waals surface area contributed by atoms with Crippen molar-refractivity contribution >= 4 is 24.4 Å². The molecule has 0 spiro atoms. The first kappa shape index (κ1) is 7.82. The summed E-state index contributed by atoms with van der Waals surface area (Å²) in [4.78, 5) is 1.13. The number of thioether (sulfide) groups is 1. The molecule has 0 saturated heterocycles. The highest BCUT2D eigenvalue weighted by molar-refractivity contribution is 8.09. The largest absolute Gasteiger partial charge is 0.508 e. The fourth-order valence-corrected chi connectivity index (χ4v) is 1.54. The average Bonchev–Trinajstić information content (AvgIpc) is 1.95. The van der Waals surface area contributed by atoms with Gasteiger partial charge in [-0.15, -0.1) is 11.8 Å². The Bertz CT molecular complexity index is 195. The summed E-state index contributed by atoms with van der Waals surface area (Å²) < 4.78 is 0. The number of benzene rings is 1. The fourth-order valence-electron chi connectivity index (χ4n) is 0.617. The van der Waals surface area contributed by atoms with Gasteiger partial charge in [0.1, 0.15) is 5.75 Å². The molecule has 0 radical (unpaired) electrons. The third-order valence-corrected chi connectivity index (χ3v) is 2.19. The van der Waals surface area contributed by atoms with E-state index in [0.29, 0.717) is 5.75 Å². The number of hydrogen-bond acceptors (Lipinski definition) is 3. The van der Waals surface area contributed by atoms with E-state index in [9.17, 15) is 0 Å². The molecule has 0 aromatic heterocycles. The smallest absolute Gasteiger partial charge is 0.115 e. The predicted octanol–water partition coefficient (Wildman–Crippen LogP) is 2.37. The minimum Gasteiger partial charge on any atom is -0.508 e. The minimum atomic E-state index is 0.309. The molecule has 54 valence electrons. The molecule has 1 nitrogen and oxygen atoms in total. The Balaban J connectivity index is 2.69. The normalized spacial score (nSPS) is 9.70. The van der Waals surface area contributed by atoms with Crippen LogP contribution < -0.4 is 0 Å². The lowest BCUT2D eigenvalue weighted by atomic mass is 10.3. The van der Waals surface area contributed by atoms with Gasteiger partial charge in [0.2, 0.25) is 0 Å². The standard InChI is InChI=1S/C7H8OS2/c8-6-1-3-7(4-2-6)10-5-9/h1-4,8-9H,5H2. The molecule has 10 heavy (non-hydrogen) atoms. The molecule has 3 heteroatoms. The van der Waals surface area contributed by atoms with E-state index < -0.39 is 0 Å². The van der Waals surface area contributed by atoms with Crippen molar-refractivity contribution in [2.75, 3.05) is 5.08 Å². The van der Waals surface area contributed by atoms with Gasteiger partial charge in [0.15, 0.2) is 0 Å². The van der Waals surface area contributed by atoms with Crippen LogP contribution >= 0.6 is 24.4 Å². The average molecular weight is 172 g/mol. The Morgan fingerprint density at radius 3 is 2.40 bits per heavy atom. The number of rotatable bonds is 2. The van der Waals surface area contributed by atoms with Crippen LogP contribution in [0.4, 0.5) is 0 Å². The first-order chi connectivity index (χ1) is 4.83. The molecule has 0 bridgehead atoms. The van der Waals surface area contributed by atoms with Crippen LogP contribution in [-0.4, -0.2) is 10.2 Å². The van der Waals surface area contributed by atoms with Crippen LogP contribution in [0.25, 0.3) is 0 Å². The van der Waals surface area contributed by atoms with Crippen molar-refractivity contribution in [3.63, 3.8) is 0 Å². The lowest BCUT2D eigenvalue weighted by Crippen LogP contribution is -1.69. The lowest BCUT2D eigenvalue weighted by molar-refractivity contribution is 0.475. The van der Waals surface area contributed by atoms with Crippen molar-refractivity contribution in [1.82, 2.24) is 0 Å². The lowest BCUT2D eigenvalue weighted by Gasteiger charge is -1.95. The molecule has 0 aliphatic heterocycles. The molecule has 0 fully saturated rings.